The molecular weight excluding hydrogens is 200 g/mol. The van der Waals surface area contributed by atoms with Crippen molar-refractivity contribution in [3.63, 3.8) is 0 Å². The van der Waals surface area contributed by atoms with Gasteiger partial charge in [-0.1, -0.05) is 19.1 Å². The molecule has 3 nitrogen and oxygen atoms in total. The van der Waals surface area contributed by atoms with Crippen molar-refractivity contribution in [3.05, 3.63) is 30.3 Å². The highest BCUT2D eigenvalue weighted by Crippen LogP contribution is 2.07. The zero-order chi connectivity index (χ0) is 10.4. The third-order valence-electron chi connectivity index (χ3n) is 1.78. The summed E-state index contributed by atoms with van der Waals surface area (Å²) in [5.74, 6) is 0.883. The molecule has 0 heterocycles. The maximum Gasteiger partial charge on any atom is 0.153 e. The Kier molecular flexibility index (Phi) is 3.95. The highest BCUT2D eigenvalue weighted by atomic mass is 32.2. The summed E-state index contributed by atoms with van der Waals surface area (Å²) in [6.07, 6.45) is 0. The van der Waals surface area contributed by atoms with Gasteiger partial charge in [0.25, 0.3) is 0 Å². The molecule has 0 N–H and O–H groups in total. The van der Waals surface area contributed by atoms with Crippen molar-refractivity contribution < 1.29 is 13.2 Å². The van der Waals surface area contributed by atoms with E-state index < -0.39 is 9.84 Å². The second kappa shape index (κ2) is 5.00. The molecular formula is C10H13O3S. The lowest BCUT2D eigenvalue weighted by atomic mass is 10.3. The number of ether oxygens (including phenoxy) is 1. The second-order valence-electron chi connectivity index (χ2n) is 2.82. The van der Waals surface area contributed by atoms with Gasteiger partial charge in [-0.15, -0.1) is 0 Å². The first kappa shape index (κ1) is 11.0. The van der Waals surface area contributed by atoms with Gasteiger partial charge in [-0.2, -0.15) is 0 Å². The fourth-order valence-electron chi connectivity index (χ4n) is 0.897. The molecule has 4 heteroatoms. The quantitative estimate of drug-likeness (QED) is 0.740. The van der Waals surface area contributed by atoms with E-state index in [-0.39, 0.29) is 18.1 Å². The molecule has 0 aromatic heterocycles. The van der Waals surface area contributed by atoms with E-state index in [1.807, 2.05) is 0 Å². The first-order chi connectivity index (χ1) is 6.64. The Morgan fingerprint density at radius 1 is 1.50 bits per heavy atom. The molecule has 0 aliphatic carbocycles. The Morgan fingerprint density at radius 3 is 2.86 bits per heavy atom. The van der Waals surface area contributed by atoms with Gasteiger partial charge < -0.3 is 4.74 Å². The Balaban J connectivity index is 2.37. The molecule has 0 aliphatic rings. The standard InChI is InChI=1S/C10H13O3S/c1-2-14(11,12)9-8-13-10-6-4-3-5-7-10/h3-4,6-7H,2,8-9H2,1H3. The molecule has 1 rings (SSSR count). The van der Waals surface area contributed by atoms with Crippen LogP contribution in [0.1, 0.15) is 6.92 Å². The van der Waals surface area contributed by atoms with Crippen LogP contribution in [0, 0.1) is 6.07 Å². The van der Waals surface area contributed by atoms with E-state index in [9.17, 15) is 8.42 Å². The number of rotatable bonds is 5. The highest BCUT2D eigenvalue weighted by molar-refractivity contribution is 7.91. The summed E-state index contributed by atoms with van der Waals surface area (Å²) in [7, 11) is -2.92. The minimum absolute atomic E-state index is 0.0679. The molecule has 0 spiro atoms. The normalized spacial score (nSPS) is 11.2. The zero-order valence-corrected chi connectivity index (χ0v) is 8.88. The lowest BCUT2D eigenvalue weighted by Gasteiger charge is -2.04. The van der Waals surface area contributed by atoms with Crippen molar-refractivity contribution in [1.29, 1.82) is 0 Å². The maximum absolute atomic E-state index is 11.1. The monoisotopic (exact) mass is 213 g/mol. The van der Waals surface area contributed by atoms with Gasteiger partial charge in [0.05, 0.1) is 5.75 Å². The Hall–Kier alpha value is -1.03. The second-order valence-corrected chi connectivity index (χ2v) is 5.30. The third-order valence-corrected chi connectivity index (χ3v) is 3.45. The number of sulfone groups is 1. The molecule has 0 bridgehead atoms. The SMILES string of the molecule is CCS(=O)(=O)CCOc1c[c]ccc1. The van der Waals surface area contributed by atoms with Gasteiger partial charge in [0, 0.05) is 5.75 Å². The fourth-order valence-corrected chi connectivity index (χ4v) is 1.52. The lowest BCUT2D eigenvalue weighted by Crippen LogP contribution is -2.15. The summed E-state index contributed by atoms with van der Waals surface area (Å²) in [5.41, 5.74) is 0. The number of hydrogen-bond donors (Lipinski definition) is 0. The van der Waals surface area contributed by atoms with Crippen LogP contribution in [0.5, 0.6) is 5.75 Å². The number of benzene rings is 1. The van der Waals surface area contributed by atoms with E-state index in [1.165, 1.54) is 0 Å². The van der Waals surface area contributed by atoms with Crippen LogP contribution in [-0.4, -0.2) is 26.5 Å². The third kappa shape index (κ3) is 3.79. The first-order valence-electron chi connectivity index (χ1n) is 4.43. The van der Waals surface area contributed by atoms with Crippen LogP contribution < -0.4 is 4.74 Å². The molecule has 0 amide bonds. The van der Waals surface area contributed by atoms with Gasteiger partial charge in [-0.05, 0) is 18.2 Å². The van der Waals surface area contributed by atoms with E-state index >= 15 is 0 Å². The minimum Gasteiger partial charge on any atom is -0.493 e. The molecule has 1 aromatic rings. The molecule has 0 saturated carbocycles. The largest absolute Gasteiger partial charge is 0.493 e. The van der Waals surface area contributed by atoms with Gasteiger partial charge >= 0.3 is 0 Å². The van der Waals surface area contributed by atoms with Crippen LogP contribution in [-0.2, 0) is 9.84 Å². The average Bonchev–Trinajstić information content (AvgIpc) is 2.19. The topological polar surface area (TPSA) is 43.4 Å². The van der Waals surface area contributed by atoms with Gasteiger partial charge in [0.15, 0.2) is 9.84 Å². The van der Waals surface area contributed by atoms with E-state index in [2.05, 4.69) is 6.07 Å². The van der Waals surface area contributed by atoms with Crippen LogP contribution in [0.4, 0.5) is 0 Å². The van der Waals surface area contributed by atoms with Crippen molar-refractivity contribution >= 4 is 9.84 Å². The van der Waals surface area contributed by atoms with Crippen molar-refractivity contribution in [2.75, 3.05) is 18.1 Å². The Morgan fingerprint density at radius 2 is 2.29 bits per heavy atom. The van der Waals surface area contributed by atoms with Crippen LogP contribution >= 0.6 is 0 Å². The van der Waals surface area contributed by atoms with Gasteiger partial charge in [0.1, 0.15) is 12.4 Å². The number of hydrogen-bond acceptors (Lipinski definition) is 3. The Labute approximate surface area is 84.6 Å². The smallest absolute Gasteiger partial charge is 0.153 e. The zero-order valence-electron chi connectivity index (χ0n) is 8.06. The fraction of sp³-hybridized carbons (Fsp3) is 0.400. The van der Waals surface area contributed by atoms with E-state index in [4.69, 9.17) is 4.74 Å². The highest BCUT2D eigenvalue weighted by Gasteiger charge is 2.06. The van der Waals surface area contributed by atoms with Gasteiger partial charge in [0.2, 0.25) is 0 Å². The first-order valence-corrected chi connectivity index (χ1v) is 6.25. The predicted molar refractivity (Wildman–Crippen MR) is 55.1 cm³/mol. The summed E-state index contributed by atoms with van der Waals surface area (Å²) in [5, 5.41) is 0. The van der Waals surface area contributed by atoms with E-state index in [0.29, 0.717) is 5.75 Å². The summed E-state index contributed by atoms with van der Waals surface area (Å²) in [6, 6.07) is 9.86. The molecule has 0 unspecified atom stereocenters. The molecule has 0 saturated heterocycles. The summed E-state index contributed by atoms with van der Waals surface area (Å²) in [6.45, 7) is 1.83. The van der Waals surface area contributed by atoms with Gasteiger partial charge in [-0.3, -0.25) is 0 Å². The lowest BCUT2D eigenvalue weighted by molar-refractivity contribution is 0.341. The summed E-state index contributed by atoms with van der Waals surface area (Å²) in [4.78, 5) is 0. The molecule has 0 aliphatic heterocycles. The van der Waals surface area contributed by atoms with Crippen LogP contribution in [0.2, 0.25) is 0 Å². The molecule has 14 heavy (non-hydrogen) atoms. The van der Waals surface area contributed by atoms with Crippen molar-refractivity contribution in [3.8, 4) is 5.75 Å². The summed E-state index contributed by atoms with van der Waals surface area (Å²) >= 11 is 0. The maximum atomic E-state index is 11.1. The molecule has 1 aromatic carbocycles. The Bertz CT molecular complexity index is 356. The predicted octanol–water partition coefficient (Wildman–Crippen LogP) is 1.30. The molecule has 77 valence electrons. The minimum atomic E-state index is -2.92. The molecule has 0 fully saturated rings. The summed E-state index contributed by atoms with van der Waals surface area (Å²) < 4.78 is 27.4. The molecule has 0 atom stereocenters. The van der Waals surface area contributed by atoms with E-state index in [1.54, 1.807) is 31.2 Å². The van der Waals surface area contributed by atoms with E-state index in [0.717, 1.165) is 0 Å². The van der Waals surface area contributed by atoms with Gasteiger partial charge in [-0.25, -0.2) is 8.42 Å². The van der Waals surface area contributed by atoms with Crippen molar-refractivity contribution in [2.24, 2.45) is 0 Å². The molecule has 1 radical (unpaired) electrons. The van der Waals surface area contributed by atoms with Crippen molar-refractivity contribution in [2.45, 2.75) is 6.92 Å². The average molecular weight is 213 g/mol. The van der Waals surface area contributed by atoms with Crippen molar-refractivity contribution in [1.82, 2.24) is 0 Å². The van der Waals surface area contributed by atoms with Crippen LogP contribution in [0.15, 0.2) is 24.3 Å². The van der Waals surface area contributed by atoms with Crippen LogP contribution in [0.25, 0.3) is 0 Å². The van der Waals surface area contributed by atoms with Crippen LogP contribution in [0.3, 0.4) is 0 Å².